The first-order valence-electron chi connectivity index (χ1n) is 10.4. The quantitative estimate of drug-likeness (QED) is 0.595. The Morgan fingerprint density at radius 3 is 2.53 bits per heavy atom. The molecule has 0 aromatic heterocycles. The molecule has 2 amide bonds. The number of nitrogens with zero attached hydrogens (tertiary/aromatic N) is 1. The van der Waals surface area contributed by atoms with Gasteiger partial charge < -0.3 is 15.0 Å². The highest BCUT2D eigenvalue weighted by atomic mass is 35.5. The van der Waals surface area contributed by atoms with Crippen LogP contribution in [-0.2, 0) is 16.1 Å². The van der Waals surface area contributed by atoms with E-state index < -0.39 is 6.04 Å². The van der Waals surface area contributed by atoms with E-state index >= 15 is 0 Å². The van der Waals surface area contributed by atoms with Gasteiger partial charge in [0, 0.05) is 18.1 Å². The number of amides is 2. The first-order chi connectivity index (χ1) is 14.4. The molecule has 0 aliphatic carbocycles. The van der Waals surface area contributed by atoms with E-state index in [9.17, 15) is 9.59 Å². The molecule has 0 radical (unpaired) electrons. The SMILES string of the molecule is CCCNC(=O)[C@H](CC)N(Cc1ccccc1Cl)C(=O)COc1cc(C)ccc1C. The number of hydrogen-bond acceptors (Lipinski definition) is 3. The van der Waals surface area contributed by atoms with Gasteiger partial charge in [0.2, 0.25) is 5.91 Å². The molecule has 30 heavy (non-hydrogen) atoms. The molecule has 6 heteroatoms. The third-order valence-corrected chi connectivity index (χ3v) is 5.30. The van der Waals surface area contributed by atoms with Gasteiger partial charge in [-0.25, -0.2) is 0 Å². The average molecular weight is 431 g/mol. The van der Waals surface area contributed by atoms with Crippen LogP contribution in [0.15, 0.2) is 42.5 Å². The fourth-order valence-electron chi connectivity index (χ4n) is 3.18. The van der Waals surface area contributed by atoms with Crippen molar-refractivity contribution in [2.75, 3.05) is 13.2 Å². The summed E-state index contributed by atoms with van der Waals surface area (Å²) in [6.07, 6.45) is 1.32. The average Bonchev–Trinajstić information content (AvgIpc) is 2.73. The summed E-state index contributed by atoms with van der Waals surface area (Å²) in [7, 11) is 0. The number of nitrogens with one attached hydrogen (secondary N) is 1. The summed E-state index contributed by atoms with van der Waals surface area (Å²) < 4.78 is 5.83. The van der Waals surface area contributed by atoms with Crippen molar-refractivity contribution >= 4 is 23.4 Å². The molecule has 0 bridgehead atoms. The van der Waals surface area contributed by atoms with Crippen LogP contribution < -0.4 is 10.1 Å². The molecule has 0 unspecified atom stereocenters. The van der Waals surface area contributed by atoms with Crippen LogP contribution in [0.1, 0.15) is 43.4 Å². The van der Waals surface area contributed by atoms with E-state index in [1.165, 1.54) is 0 Å². The van der Waals surface area contributed by atoms with Crippen molar-refractivity contribution in [2.45, 2.75) is 53.1 Å². The lowest BCUT2D eigenvalue weighted by Gasteiger charge is -2.31. The van der Waals surface area contributed by atoms with Gasteiger partial charge in [0.05, 0.1) is 0 Å². The summed E-state index contributed by atoms with van der Waals surface area (Å²) in [6, 6.07) is 12.6. The molecule has 2 aromatic carbocycles. The predicted molar refractivity (Wildman–Crippen MR) is 121 cm³/mol. The van der Waals surface area contributed by atoms with Crippen LogP contribution in [0.5, 0.6) is 5.75 Å². The Bertz CT molecular complexity index is 869. The van der Waals surface area contributed by atoms with Crippen LogP contribution >= 0.6 is 11.6 Å². The molecule has 0 saturated carbocycles. The predicted octanol–water partition coefficient (Wildman–Crippen LogP) is 4.67. The minimum Gasteiger partial charge on any atom is -0.483 e. The van der Waals surface area contributed by atoms with E-state index in [2.05, 4.69) is 5.32 Å². The Hall–Kier alpha value is -2.53. The Labute approximate surface area is 184 Å². The second-order valence-corrected chi connectivity index (χ2v) is 7.79. The smallest absolute Gasteiger partial charge is 0.261 e. The zero-order valence-corrected chi connectivity index (χ0v) is 19.0. The highest BCUT2D eigenvalue weighted by molar-refractivity contribution is 6.31. The highest BCUT2D eigenvalue weighted by Crippen LogP contribution is 2.22. The highest BCUT2D eigenvalue weighted by Gasteiger charge is 2.29. The third-order valence-electron chi connectivity index (χ3n) is 4.93. The van der Waals surface area contributed by atoms with Crippen LogP contribution in [0, 0.1) is 13.8 Å². The molecule has 1 atom stereocenters. The molecular weight excluding hydrogens is 400 g/mol. The summed E-state index contributed by atoms with van der Waals surface area (Å²) in [5, 5.41) is 3.47. The van der Waals surface area contributed by atoms with Crippen molar-refractivity contribution in [1.82, 2.24) is 10.2 Å². The molecule has 5 nitrogen and oxygen atoms in total. The van der Waals surface area contributed by atoms with Gasteiger partial charge in [0.25, 0.3) is 5.91 Å². The molecule has 0 saturated heterocycles. The Morgan fingerprint density at radius 1 is 1.13 bits per heavy atom. The lowest BCUT2D eigenvalue weighted by Crippen LogP contribution is -2.50. The van der Waals surface area contributed by atoms with Gasteiger partial charge in [-0.2, -0.15) is 0 Å². The number of hydrogen-bond donors (Lipinski definition) is 1. The Morgan fingerprint density at radius 2 is 1.87 bits per heavy atom. The minimum absolute atomic E-state index is 0.147. The van der Waals surface area contributed by atoms with Gasteiger partial charge in [0.15, 0.2) is 6.61 Å². The maximum Gasteiger partial charge on any atom is 0.261 e. The van der Waals surface area contributed by atoms with Crippen molar-refractivity contribution < 1.29 is 14.3 Å². The number of carbonyl (C=O) groups excluding carboxylic acids is 2. The van der Waals surface area contributed by atoms with Crippen LogP contribution in [0.4, 0.5) is 0 Å². The maximum absolute atomic E-state index is 13.2. The summed E-state index contributed by atoms with van der Waals surface area (Å²) in [5.74, 6) is 0.255. The van der Waals surface area contributed by atoms with Crippen LogP contribution in [0.3, 0.4) is 0 Å². The molecule has 2 rings (SSSR count). The fraction of sp³-hybridized carbons (Fsp3) is 0.417. The van der Waals surface area contributed by atoms with Gasteiger partial charge in [0.1, 0.15) is 11.8 Å². The van der Waals surface area contributed by atoms with Crippen molar-refractivity contribution in [2.24, 2.45) is 0 Å². The normalized spacial score (nSPS) is 11.6. The number of carbonyl (C=O) groups is 2. The van der Waals surface area contributed by atoms with E-state index in [4.69, 9.17) is 16.3 Å². The summed E-state index contributed by atoms with van der Waals surface area (Å²) in [6.45, 7) is 8.47. The second kappa shape index (κ2) is 11.6. The van der Waals surface area contributed by atoms with E-state index in [0.717, 1.165) is 23.1 Å². The van der Waals surface area contributed by atoms with E-state index in [-0.39, 0.29) is 25.0 Å². The molecule has 162 valence electrons. The van der Waals surface area contributed by atoms with Crippen molar-refractivity contribution in [3.8, 4) is 5.75 Å². The standard InChI is InChI=1S/C24H31ClN2O3/c1-5-13-26-24(29)21(6-2)27(15-19-9-7-8-10-20(19)25)23(28)16-30-22-14-17(3)11-12-18(22)4/h7-12,14,21H,5-6,13,15-16H2,1-4H3,(H,26,29)/t21-/m0/s1. The van der Waals surface area contributed by atoms with Crippen LogP contribution in [0.2, 0.25) is 5.02 Å². The molecule has 0 aliphatic rings. The number of aryl methyl sites for hydroxylation is 2. The molecule has 0 spiro atoms. The second-order valence-electron chi connectivity index (χ2n) is 7.39. The van der Waals surface area contributed by atoms with Crippen LogP contribution in [0.25, 0.3) is 0 Å². The van der Waals surface area contributed by atoms with Crippen molar-refractivity contribution in [3.05, 3.63) is 64.2 Å². The Balaban J connectivity index is 2.24. The van der Waals surface area contributed by atoms with E-state index in [1.807, 2.05) is 64.1 Å². The Kier molecular flexibility index (Phi) is 9.18. The van der Waals surface area contributed by atoms with Gasteiger partial charge in [-0.15, -0.1) is 0 Å². The van der Waals surface area contributed by atoms with Gasteiger partial charge >= 0.3 is 0 Å². The minimum atomic E-state index is -0.595. The summed E-state index contributed by atoms with van der Waals surface area (Å²) in [5.41, 5.74) is 2.81. The maximum atomic E-state index is 13.2. The summed E-state index contributed by atoms with van der Waals surface area (Å²) >= 11 is 6.33. The molecule has 0 aliphatic heterocycles. The molecular formula is C24H31ClN2O3. The first kappa shape index (κ1) is 23.7. The lowest BCUT2D eigenvalue weighted by molar-refractivity contribution is -0.143. The number of rotatable bonds is 10. The van der Waals surface area contributed by atoms with Gasteiger partial charge in [-0.05, 0) is 55.5 Å². The third kappa shape index (κ3) is 6.49. The topological polar surface area (TPSA) is 58.6 Å². The molecule has 0 fully saturated rings. The largest absolute Gasteiger partial charge is 0.483 e. The zero-order valence-electron chi connectivity index (χ0n) is 18.2. The number of ether oxygens (including phenoxy) is 1. The number of halogens is 1. The van der Waals surface area contributed by atoms with E-state index in [0.29, 0.717) is 23.7 Å². The lowest BCUT2D eigenvalue weighted by atomic mass is 10.1. The van der Waals surface area contributed by atoms with Gasteiger partial charge in [-0.3, -0.25) is 9.59 Å². The number of benzene rings is 2. The van der Waals surface area contributed by atoms with Crippen molar-refractivity contribution in [3.63, 3.8) is 0 Å². The fourth-order valence-corrected chi connectivity index (χ4v) is 3.38. The first-order valence-corrected chi connectivity index (χ1v) is 10.8. The summed E-state index contributed by atoms with van der Waals surface area (Å²) in [4.78, 5) is 27.5. The monoisotopic (exact) mass is 430 g/mol. The van der Waals surface area contributed by atoms with Gasteiger partial charge in [-0.1, -0.05) is 55.8 Å². The van der Waals surface area contributed by atoms with E-state index in [1.54, 1.807) is 11.0 Å². The molecule has 1 N–H and O–H groups in total. The molecule has 2 aromatic rings. The van der Waals surface area contributed by atoms with Crippen LogP contribution in [-0.4, -0.2) is 35.9 Å². The molecule has 0 heterocycles. The zero-order chi connectivity index (χ0) is 22.1. The van der Waals surface area contributed by atoms with Crippen molar-refractivity contribution in [1.29, 1.82) is 0 Å².